The molecule has 0 aliphatic rings. The van der Waals surface area contributed by atoms with Crippen molar-refractivity contribution in [3.63, 3.8) is 0 Å². The van der Waals surface area contributed by atoms with Gasteiger partial charge < -0.3 is 10.1 Å². The molecule has 0 saturated heterocycles. The van der Waals surface area contributed by atoms with Crippen LogP contribution in [0.2, 0.25) is 0 Å². The summed E-state index contributed by atoms with van der Waals surface area (Å²) in [5.41, 5.74) is 2.50. The summed E-state index contributed by atoms with van der Waals surface area (Å²) in [6, 6.07) is 12.1. The number of unbranched alkanes of at least 4 members (excludes halogenated alkanes) is 1. The Morgan fingerprint density at radius 3 is 2.54 bits per heavy atom. The number of carbonyl (C=O) groups excluding carboxylic acids is 1. The van der Waals surface area contributed by atoms with Crippen molar-refractivity contribution in [3.05, 3.63) is 59.9 Å². The Morgan fingerprint density at radius 1 is 1.04 bits per heavy atom. The van der Waals surface area contributed by atoms with E-state index in [1.54, 1.807) is 13.3 Å². The average molecular weight is 326 g/mol. The second kappa shape index (κ2) is 10.4. The molecule has 1 N–H and O–H groups in total. The summed E-state index contributed by atoms with van der Waals surface area (Å²) in [5.74, 6) is 1.03. The maximum atomic E-state index is 11.8. The second-order valence-corrected chi connectivity index (χ2v) is 5.87. The minimum Gasteiger partial charge on any atom is -0.497 e. The van der Waals surface area contributed by atoms with Gasteiger partial charge in [0.1, 0.15) is 5.75 Å². The standard InChI is InChI=1S/C20H26N2O2/c1-24-19-12-10-17(11-13-19)6-2-3-9-20(23)22-15-5-8-18-7-4-14-21-16-18/h4,7,10-14,16H,2-3,5-6,8-9,15H2,1H3,(H,22,23). The van der Waals surface area contributed by atoms with Gasteiger partial charge in [-0.1, -0.05) is 18.2 Å². The van der Waals surface area contributed by atoms with Gasteiger partial charge in [-0.25, -0.2) is 0 Å². The number of methoxy groups -OCH3 is 1. The molecule has 2 aromatic rings. The number of amides is 1. The highest BCUT2D eigenvalue weighted by atomic mass is 16.5. The van der Waals surface area contributed by atoms with Gasteiger partial charge in [-0.05, 0) is 61.4 Å². The molecule has 1 aromatic carbocycles. The smallest absolute Gasteiger partial charge is 0.219 e. The molecular formula is C20H26N2O2. The van der Waals surface area contributed by atoms with E-state index in [9.17, 15) is 4.79 Å². The highest BCUT2D eigenvalue weighted by Gasteiger charge is 2.01. The highest BCUT2D eigenvalue weighted by Crippen LogP contribution is 2.13. The third-order valence-electron chi connectivity index (χ3n) is 3.97. The van der Waals surface area contributed by atoms with Crippen LogP contribution in [-0.4, -0.2) is 24.5 Å². The van der Waals surface area contributed by atoms with E-state index in [2.05, 4.69) is 28.5 Å². The first-order chi connectivity index (χ1) is 11.8. The van der Waals surface area contributed by atoms with Crippen molar-refractivity contribution in [3.8, 4) is 5.75 Å². The van der Waals surface area contributed by atoms with Crippen molar-refractivity contribution in [1.82, 2.24) is 10.3 Å². The lowest BCUT2D eigenvalue weighted by molar-refractivity contribution is -0.121. The molecule has 1 heterocycles. The van der Waals surface area contributed by atoms with Gasteiger partial charge in [0.05, 0.1) is 7.11 Å². The number of nitrogens with zero attached hydrogens (tertiary/aromatic N) is 1. The van der Waals surface area contributed by atoms with Gasteiger partial charge in [0, 0.05) is 25.4 Å². The van der Waals surface area contributed by atoms with Crippen LogP contribution in [0.5, 0.6) is 5.75 Å². The predicted molar refractivity (Wildman–Crippen MR) is 96.1 cm³/mol. The molecule has 2 rings (SSSR count). The molecule has 0 aliphatic carbocycles. The van der Waals surface area contributed by atoms with Crippen molar-refractivity contribution < 1.29 is 9.53 Å². The lowest BCUT2D eigenvalue weighted by Gasteiger charge is -2.06. The van der Waals surface area contributed by atoms with Gasteiger partial charge in [-0.3, -0.25) is 9.78 Å². The molecule has 1 aromatic heterocycles. The number of nitrogens with one attached hydrogen (secondary N) is 1. The number of ether oxygens (including phenoxy) is 1. The van der Waals surface area contributed by atoms with Gasteiger partial charge in [-0.2, -0.15) is 0 Å². The Labute approximate surface area is 144 Å². The summed E-state index contributed by atoms with van der Waals surface area (Å²) in [5, 5.41) is 2.99. The summed E-state index contributed by atoms with van der Waals surface area (Å²) < 4.78 is 5.14. The van der Waals surface area contributed by atoms with E-state index in [1.807, 2.05) is 24.4 Å². The van der Waals surface area contributed by atoms with Crippen molar-refractivity contribution in [2.75, 3.05) is 13.7 Å². The van der Waals surface area contributed by atoms with Crippen LogP contribution in [0.3, 0.4) is 0 Å². The first-order valence-corrected chi connectivity index (χ1v) is 8.56. The van der Waals surface area contributed by atoms with Crippen LogP contribution in [-0.2, 0) is 17.6 Å². The fourth-order valence-corrected chi connectivity index (χ4v) is 2.56. The summed E-state index contributed by atoms with van der Waals surface area (Å²) >= 11 is 0. The Hall–Kier alpha value is -2.36. The molecule has 0 radical (unpaired) electrons. The van der Waals surface area contributed by atoms with E-state index in [4.69, 9.17) is 4.74 Å². The number of aromatic nitrogens is 1. The first-order valence-electron chi connectivity index (χ1n) is 8.56. The summed E-state index contributed by atoms with van der Waals surface area (Å²) in [7, 11) is 1.67. The number of rotatable bonds is 10. The van der Waals surface area contributed by atoms with Crippen LogP contribution < -0.4 is 10.1 Å². The average Bonchev–Trinajstić information content (AvgIpc) is 2.64. The zero-order valence-electron chi connectivity index (χ0n) is 14.3. The van der Waals surface area contributed by atoms with Crippen molar-refractivity contribution in [1.29, 1.82) is 0 Å². The highest BCUT2D eigenvalue weighted by molar-refractivity contribution is 5.75. The minimum absolute atomic E-state index is 0.149. The Kier molecular flexibility index (Phi) is 7.81. The van der Waals surface area contributed by atoms with Crippen molar-refractivity contribution >= 4 is 5.91 Å². The van der Waals surface area contributed by atoms with Crippen LogP contribution in [0.15, 0.2) is 48.8 Å². The Balaban J connectivity index is 1.51. The molecule has 1 amide bonds. The van der Waals surface area contributed by atoms with Crippen LogP contribution in [0.4, 0.5) is 0 Å². The minimum atomic E-state index is 0.149. The van der Waals surface area contributed by atoms with E-state index in [0.29, 0.717) is 6.42 Å². The summed E-state index contributed by atoms with van der Waals surface area (Å²) in [4.78, 5) is 15.9. The molecule has 128 valence electrons. The molecule has 0 bridgehead atoms. The van der Waals surface area contributed by atoms with Gasteiger partial charge in [-0.15, -0.1) is 0 Å². The molecular weight excluding hydrogens is 300 g/mol. The largest absolute Gasteiger partial charge is 0.497 e. The van der Waals surface area contributed by atoms with E-state index in [0.717, 1.165) is 44.4 Å². The van der Waals surface area contributed by atoms with E-state index >= 15 is 0 Å². The zero-order chi connectivity index (χ0) is 17.0. The number of carbonyl (C=O) groups is 1. The summed E-state index contributed by atoms with van der Waals surface area (Å²) in [6.45, 7) is 0.728. The fourth-order valence-electron chi connectivity index (χ4n) is 2.56. The molecule has 0 saturated carbocycles. The number of hydrogen-bond acceptors (Lipinski definition) is 3. The van der Waals surface area contributed by atoms with E-state index in [-0.39, 0.29) is 5.91 Å². The number of hydrogen-bond donors (Lipinski definition) is 1. The van der Waals surface area contributed by atoms with Gasteiger partial charge >= 0.3 is 0 Å². The van der Waals surface area contributed by atoms with Crippen LogP contribution in [0, 0.1) is 0 Å². The van der Waals surface area contributed by atoms with Gasteiger partial charge in [0.2, 0.25) is 5.91 Å². The van der Waals surface area contributed by atoms with Crippen LogP contribution in [0.25, 0.3) is 0 Å². The fraction of sp³-hybridized carbons (Fsp3) is 0.400. The molecule has 0 aliphatic heterocycles. The molecule has 0 unspecified atom stereocenters. The first kappa shape index (κ1) is 18.0. The second-order valence-electron chi connectivity index (χ2n) is 5.87. The molecule has 4 heteroatoms. The van der Waals surface area contributed by atoms with Gasteiger partial charge in [0.25, 0.3) is 0 Å². The Morgan fingerprint density at radius 2 is 1.83 bits per heavy atom. The van der Waals surface area contributed by atoms with Crippen LogP contribution >= 0.6 is 0 Å². The number of benzene rings is 1. The normalized spacial score (nSPS) is 10.4. The monoisotopic (exact) mass is 326 g/mol. The number of aryl methyl sites for hydroxylation is 2. The topological polar surface area (TPSA) is 51.2 Å². The van der Waals surface area contributed by atoms with E-state index in [1.165, 1.54) is 11.1 Å². The zero-order valence-corrected chi connectivity index (χ0v) is 14.3. The number of pyridine rings is 1. The summed E-state index contributed by atoms with van der Waals surface area (Å²) in [6.07, 6.45) is 9.09. The third kappa shape index (κ3) is 6.82. The van der Waals surface area contributed by atoms with Crippen LogP contribution in [0.1, 0.15) is 36.8 Å². The molecule has 0 spiro atoms. The maximum Gasteiger partial charge on any atom is 0.219 e. The molecule has 4 nitrogen and oxygen atoms in total. The maximum absolute atomic E-state index is 11.8. The lowest BCUT2D eigenvalue weighted by Crippen LogP contribution is -2.24. The van der Waals surface area contributed by atoms with Crippen molar-refractivity contribution in [2.24, 2.45) is 0 Å². The molecule has 0 fully saturated rings. The predicted octanol–water partition coefficient (Wildman–Crippen LogP) is 3.55. The van der Waals surface area contributed by atoms with Crippen molar-refractivity contribution in [2.45, 2.75) is 38.5 Å². The SMILES string of the molecule is COc1ccc(CCCCC(=O)NCCCc2cccnc2)cc1. The van der Waals surface area contributed by atoms with E-state index < -0.39 is 0 Å². The molecule has 24 heavy (non-hydrogen) atoms. The molecule has 0 atom stereocenters. The third-order valence-corrected chi connectivity index (χ3v) is 3.97. The lowest BCUT2D eigenvalue weighted by atomic mass is 10.1. The van der Waals surface area contributed by atoms with Gasteiger partial charge in [0.15, 0.2) is 0 Å². The quantitative estimate of drug-likeness (QED) is 0.679. The Bertz CT molecular complexity index is 597.